The lowest BCUT2D eigenvalue weighted by Crippen LogP contribution is -2.34. The molecule has 1 fully saturated rings. The quantitative estimate of drug-likeness (QED) is 0.564. The van der Waals surface area contributed by atoms with Crippen molar-refractivity contribution in [3.8, 4) is 0 Å². The molecule has 0 aromatic rings. The first-order valence-electron chi connectivity index (χ1n) is 3.76. The number of nitrogens with zero attached hydrogens (tertiary/aromatic N) is 1. The smallest absolute Gasteiger partial charge is 0.174 e. The maximum atomic E-state index is 11.1. The Morgan fingerprint density at radius 1 is 1.82 bits per heavy atom. The highest BCUT2D eigenvalue weighted by Crippen LogP contribution is 2.17. The minimum Gasteiger partial charge on any atom is -0.302 e. The fraction of sp³-hybridized carbons (Fsp3) is 0.625. The summed E-state index contributed by atoms with van der Waals surface area (Å²) >= 11 is 0. The minimum absolute atomic E-state index is 0.0596. The van der Waals surface area contributed by atoms with Crippen molar-refractivity contribution in [1.82, 2.24) is 5.06 Å². The second kappa shape index (κ2) is 3.64. The van der Waals surface area contributed by atoms with E-state index in [9.17, 15) is 4.79 Å². The van der Waals surface area contributed by atoms with Crippen LogP contribution in [0.1, 0.15) is 12.8 Å². The highest BCUT2D eigenvalue weighted by atomic mass is 16.7. The van der Waals surface area contributed by atoms with Crippen molar-refractivity contribution in [3.63, 3.8) is 0 Å². The van der Waals surface area contributed by atoms with Crippen molar-refractivity contribution in [2.24, 2.45) is 0 Å². The van der Waals surface area contributed by atoms with Gasteiger partial charge in [-0.3, -0.25) is 4.79 Å². The van der Waals surface area contributed by atoms with Crippen LogP contribution in [0, 0.1) is 0 Å². The van der Waals surface area contributed by atoms with Gasteiger partial charge in [0.2, 0.25) is 0 Å². The SMILES string of the molecule is C=CC(=O)C1CCCN1OC. The summed E-state index contributed by atoms with van der Waals surface area (Å²) in [4.78, 5) is 16.2. The van der Waals surface area contributed by atoms with Crippen molar-refractivity contribution >= 4 is 5.78 Å². The molecular formula is C8H13NO2. The van der Waals surface area contributed by atoms with Gasteiger partial charge in [0, 0.05) is 6.54 Å². The average Bonchev–Trinajstić information content (AvgIpc) is 2.50. The van der Waals surface area contributed by atoms with Crippen LogP contribution in [0.4, 0.5) is 0 Å². The zero-order valence-corrected chi connectivity index (χ0v) is 6.75. The zero-order chi connectivity index (χ0) is 8.27. The predicted octanol–water partition coefficient (Wildman–Crippen LogP) is 0.767. The topological polar surface area (TPSA) is 29.5 Å². The fourth-order valence-corrected chi connectivity index (χ4v) is 1.38. The fourth-order valence-electron chi connectivity index (χ4n) is 1.38. The third kappa shape index (κ3) is 1.67. The summed E-state index contributed by atoms with van der Waals surface area (Å²) in [6.45, 7) is 4.29. The van der Waals surface area contributed by atoms with Crippen molar-refractivity contribution in [3.05, 3.63) is 12.7 Å². The van der Waals surface area contributed by atoms with Gasteiger partial charge in [-0.25, -0.2) is 0 Å². The van der Waals surface area contributed by atoms with Crippen LogP contribution in [0.15, 0.2) is 12.7 Å². The maximum absolute atomic E-state index is 11.1. The van der Waals surface area contributed by atoms with Crippen LogP contribution in [0.25, 0.3) is 0 Å². The summed E-state index contributed by atoms with van der Waals surface area (Å²) in [6.07, 6.45) is 3.28. The van der Waals surface area contributed by atoms with Gasteiger partial charge in [-0.15, -0.1) is 0 Å². The van der Waals surface area contributed by atoms with Gasteiger partial charge in [-0.2, -0.15) is 5.06 Å². The molecule has 0 spiro atoms. The summed E-state index contributed by atoms with van der Waals surface area (Å²) in [7, 11) is 1.59. The number of hydrogen-bond donors (Lipinski definition) is 0. The lowest BCUT2D eigenvalue weighted by molar-refractivity contribution is -0.155. The van der Waals surface area contributed by atoms with Gasteiger partial charge < -0.3 is 4.84 Å². The van der Waals surface area contributed by atoms with Gasteiger partial charge in [-0.05, 0) is 18.9 Å². The largest absolute Gasteiger partial charge is 0.302 e. The number of hydroxylamine groups is 2. The van der Waals surface area contributed by atoms with Gasteiger partial charge in [0.25, 0.3) is 0 Å². The molecule has 1 atom stereocenters. The highest BCUT2D eigenvalue weighted by molar-refractivity contribution is 5.93. The number of rotatable bonds is 3. The lowest BCUT2D eigenvalue weighted by Gasteiger charge is -2.18. The van der Waals surface area contributed by atoms with Gasteiger partial charge >= 0.3 is 0 Å². The first-order chi connectivity index (χ1) is 5.29. The first-order valence-corrected chi connectivity index (χ1v) is 3.76. The van der Waals surface area contributed by atoms with Crippen molar-refractivity contribution in [2.75, 3.05) is 13.7 Å². The van der Waals surface area contributed by atoms with E-state index in [1.165, 1.54) is 6.08 Å². The Morgan fingerprint density at radius 2 is 2.55 bits per heavy atom. The van der Waals surface area contributed by atoms with Crippen molar-refractivity contribution < 1.29 is 9.63 Å². The molecule has 0 bridgehead atoms. The summed E-state index contributed by atoms with van der Waals surface area (Å²) in [6, 6.07) is -0.0856. The van der Waals surface area contributed by atoms with Gasteiger partial charge in [0.1, 0.15) is 0 Å². The van der Waals surface area contributed by atoms with Crippen LogP contribution >= 0.6 is 0 Å². The molecule has 0 aromatic heterocycles. The van der Waals surface area contributed by atoms with Crippen LogP contribution in [-0.4, -0.2) is 30.5 Å². The van der Waals surface area contributed by atoms with E-state index in [0.29, 0.717) is 0 Å². The van der Waals surface area contributed by atoms with Crippen LogP contribution in [0.3, 0.4) is 0 Å². The van der Waals surface area contributed by atoms with Gasteiger partial charge in [-0.1, -0.05) is 6.58 Å². The molecule has 11 heavy (non-hydrogen) atoms. The molecule has 1 heterocycles. The second-order valence-corrected chi connectivity index (χ2v) is 2.59. The van der Waals surface area contributed by atoms with Crippen LogP contribution in [0.2, 0.25) is 0 Å². The average molecular weight is 155 g/mol. The molecule has 3 nitrogen and oxygen atoms in total. The number of hydrogen-bond acceptors (Lipinski definition) is 3. The van der Waals surface area contributed by atoms with Crippen molar-refractivity contribution in [2.45, 2.75) is 18.9 Å². The summed E-state index contributed by atoms with van der Waals surface area (Å²) < 4.78 is 0. The summed E-state index contributed by atoms with van der Waals surface area (Å²) in [5, 5.41) is 1.71. The Hall–Kier alpha value is -0.670. The van der Waals surface area contributed by atoms with E-state index in [4.69, 9.17) is 4.84 Å². The van der Waals surface area contributed by atoms with Crippen LogP contribution in [0.5, 0.6) is 0 Å². The summed E-state index contributed by atoms with van der Waals surface area (Å²) in [5.41, 5.74) is 0. The third-order valence-electron chi connectivity index (χ3n) is 1.97. The second-order valence-electron chi connectivity index (χ2n) is 2.59. The molecule has 0 aliphatic carbocycles. The molecule has 1 aliphatic rings. The van der Waals surface area contributed by atoms with E-state index in [1.54, 1.807) is 12.2 Å². The molecule has 0 saturated carbocycles. The molecular weight excluding hydrogens is 142 g/mol. The monoisotopic (exact) mass is 155 g/mol. The Balaban J connectivity index is 2.55. The number of carbonyl (C=O) groups is 1. The molecule has 0 amide bonds. The Kier molecular flexibility index (Phi) is 2.79. The van der Waals surface area contributed by atoms with Crippen LogP contribution in [-0.2, 0) is 9.63 Å². The molecule has 1 unspecified atom stereocenters. The molecule has 0 radical (unpaired) electrons. The lowest BCUT2D eigenvalue weighted by atomic mass is 10.1. The minimum atomic E-state index is -0.0856. The molecule has 0 aromatic carbocycles. The zero-order valence-electron chi connectivity index (χ0n) is 6.75. The van der Waals surface area contributed by atoms with Crippen molar-refractivity contribution in [1.29, 1.82) is 0 Å². The van der Waals surface area contributed by atoms with E-state index in [1.807, 2.05) is 0 Å². The molecule has 1 saturated heterocycles. The van der Waals surface area contributed by atoms with Crippen LogP contribution < -0.4 is 0 Å². The van der Waals surface area contributed by atoms with E-state index in [-0.39, 0.29) is 11.8 Å². The van der Waals surface area contributed by atoms with Gasteiger partial charge in [0.05, 0.1) is 13.2 Å². The predicted molar refractivity (Wildman–Crippen MR) is 41.9 cm³/mol. The molecule has 3 heteroatoms. The standard InChI is InChI=1S/C8H13NO2/c1-3-8(10)7-5-4-6-9(7)11-2/h3,7H,1,4-6H2,2H3. The van der Waals surface area contributed by atoms with E-state index in [0.717, 1.165) is 19.4 Å². The first kappa shape index (κ1) is 8.43. The van der Waals surface area contributed by atoms with Gasteiger partial charge in [0.15, 0.2) is 5.78 Å². The molecule has 1 aliphatic heterocycles. The normalized spacial score (nSPS) is 25.4. The highest BCUT2D eigenvalue weighted by Gasteiger charge is 2.28. The maximum Gasteiger partial charge on any atom is 0.174 e. The number of carbonyl (C=O) groups excluding carboxylic acids is 1. The molecule has 0 N–H and O–H groups in total. The summed E-state index contributed by atoms with van der Waals surface area (Å²) in [5.74, 6) is 0.0596. The third-order valence-corrected chi connectivity index (χ3v) is 1.97. The number of ketones is 1. The Labute approximate surface area is 66.6 Å². The van der Waals surface area contributed by atoms with E-state index >= 15 is 0 Å². The molecule has 62 valence electrons. The molecule has 1 rings (SSSR count). The Morgan fingerprint density at radius 3 is 3.09 bits per heavy atom. The van der Waals surface area contributed by atoms with E-state index < -0.39 is 0 Å². The van der Waals surface area contributed by atoms with E-state index in [2.05, 4.69) is 6.58 Å². The Bertz CT molecular complexity index is 167.